The number of rotatable bonds is 4. The summed E-state index contributed by atoms with van der Waals surface area (Å²) in [4.78, 5) is 21.2. The van der Waals surface area contributed by atoms with Crippen molar-refractivity contribution in [3.63, 3.8) is 0 Å². The first-order valence-electron chi connectivity index (χ1n) is 9.34. The molecule has 10 nitrogen and oxygen atoms in total. The topological polar surface area (TPSA) is 122 Å². The van der Waals surface area contributed by atoms with Gasteiger partial charge in [-0.25, -0.2) is 22.7 Å². The Balaban J connectivity index is 1.65. The van der Waals surface area contributed by atoms with Crippen molar-refractivity contribution >= 4 is 43.7 Å². The predicted molar refractivity (Wildman–Crippen MR) is 110 cm³/mol. The van der Waals surface area contributed by atoms with E-state index < -0.39 is 10.0 Å². The summed E-state index contributed by atoms with van der Waals surface area (Å²) in [6.07, 6.45) is 4.35. The summed E-state index contributed by atoms with van der Waals surface area (Å²) in [6.45, 7) is 0.955. The summed E-state index contributed by atoms with van der Waals surface area (Å²) in [6, 6.07) is 3.82. The first-order valence-corrected chi connectivity index (χ1v) is 11.2. The van der Waals surface area contributed by atoms with Crippen molar-refractivity contribution in [3.05, 3.63) is 24.0 Å². The molecule has 0 spiro atoms. The fraction of sp³-hybridized carbons (Fsp3) is 0.444. The zero-order valence-electron chi connectivity index (χ0n) is 16.5. The third-order valence-electron chi connectivity index (χ3n) is 5.25. The van der Waals surface area contributed by atoms with Crippen LogP contribution < -0.4 is 10.6 Å². The van der Waals surface area contributed by atoms with E-state index in [1.807, 2.05) is 12.1 Å². The zero-order chi connectivity index (χ0) is 20.8. The lowest BCUT2D eigenvalue weighted by Gasteiger charge is -2.30. The molecule has 2 aromatic heterocycles. The SMILES string of the molecule is CNC(=O)c1nn(C)c2c1ccc1cnc(NC3CCN(S(C)(=O)=O)CC3)nc12. The summed E-state index contributed by atoms with van der Waals surface area (Å²) in [5.74, 6) is 0.227. The van der Waals surface area contributed by atoms with Crippen molar-refractivity contribution < 1.29 is 13.2 Å². The van der Waals surface area contributed by atoms with E-state index in [9.17, 15) is 13.2 Å². The minimum absolute atomic E-state index is 0.0950. The van der Waals surface area contributed by atoms with Crippen molar-refractivity contribution in [1.29, 1.82) is 0 Å². The average Bonchev–Trinajstić information content (AvgIpc) is 3.04. The first-order chi connectivity index (χ1) is 13.8. The van der Waals surface area contributed by atoms with Crippen LogP contribution in [0, 0.1) is 0 Å². The quantitative estimate of drug-likeness (QED) is 0.641. The second-order valence-electron chi connectivity index (χ2n) is 7.23. The van der Waals surface area contributed by atoms with Crippen LogP contribution >= 0.6 is 0 Å². The molecule has 29 heavy (non-hydrogen) atoms. The zero-order valence-corrected chi connectivity index (χ0v) is 17.3. The van der Waals surface area contributed by atoms with Gasteiger partial charge in [-0.1, -0.05) is 6.07 Å². The molecule has 3 aromatic rings. The second kappa shape index (κ2) is 7.23. The van der Waals surface area contributed by atoms with Crippen LogP contribution in [-0.4, -0.2) is 70.8 Å². The molecule has 1 fully saturated rings. The van der Waals surface area contributed by atoms with E-state index in [1.54, 1.807) is 25.0 Å². The highest BCUT2D eigenvalue weighted by Gasteiger charge is 2.25. The predicted octanol–water partition coefficient (Wildman–Crippen LogP) is 0.712. The van der Waals surface area contributed by atoms with Gasteiger partial charge < -0.3 is 10.6 Å². The fourth-order valence-electron chi connectivity index (χ4n) is 3.72. The van der Waals surface area contributed by atoms with E-state index in [0.29, 0.717) is 43.1 Å². The highest BCUT2D eigenvalue weighted by Crippen LogP contribution is 2.27. The average molecular weight is 417 g/mol. The molecule has 0 unspecified atom stereocenters. The largest absolute Gasteiger partial charge is 0.354 e. The van der Waals surface area contributed by atoms with Crippen molar-refractivity contribution in [2.75, 3.05) is 31.7 Å². The Morgan fingerprint density at radius 3 is 2.62 bits per heavy atom. The van der Waals surface area contributed by atoms with E-state index in [2.05, 4.69) is 25.7 Å². The lowest BCUT2D eigenvalue weighted by atomic mass is 10.1. The van der Waals surface area contributed by atoms with E-state index in [4.69, 9.17) is 0 Å². The Bertz CT molecular complexity index is 1200. The lowest BCUT2D eigenvalue weighted by Crippen LogP contribution is -2.42. The molecule has 1 aliphatic heterocycles. The normalized spacial score (nSPS) is 16.4. The van der Waals surface area contributed by atoms with Crippen molar-refractivity contribution in [2.45, 2.75) is 18.9 Å². The molecular weight excluding hydrogens is 394 g/mol. The van der Waals surface area contributed by atoms with Crippen LogP contribution in [0.1, 0.15) is 23.3 Å². The van der Waals surface area contributed by atoms with Crippen LogP contribution in [0.3, 0.4) is 0 Å². The van der Waals surface area contributed by atoms with Gasteiger partial charge in [-0.3, -0.25) is 9.48 Å². The molecule has 1 saturated heterocycles. The van der Waals surface area contributed by atoms with Gasteiger partial charge >= 0.3 is 0 Å². The molecule has 4 rings (SSSR count). The number of benzene rings is 1. The summed E-state index contributed by atoms with van der Waals surface area (Å²) in [5.41, 5.74) is 1.82. The Morgan fingerprint density at radius 2 is 1.97 bits per heavy atom. The number of nitrogens with one attached hydrogen (secondary N) is 2. The van der Waals surface area contributed by atoms with Gasteiger partial charge in [0.1, 0.15) is 5.52 Å². The number of hydrogen-bond acceptors (Lipinski definition) is 7. The number of amides is 1. The lowest BCUT2D eigenvalue weighted by molar-refractivity contribution is 0.0959. The van der Waals surface area contributed by atoms with Crippen LogP contribution in [-0.2, 0) is 17.1 Å². The third kappa shape index (κ3) is 3.62. The molecule has 1 amide bonds. The minimum Gasteiger partial charge on any atom is -0.354 e. The number of hydrogen-bond donors (Lipinski definition) is 2. The smallest absolute Gasteiger partial charge is 0.272 e. The summed E-state index contributed by atoms with van der Waals surface area (Å²) >= 11 is 0. The third-order valence-corrected chi connectivity index (χ3v) is 6.56. The summed E-state index contributed by atoms with van der Waals surface area (Å²) in [7, 11) is 0.200. The van der Waals surface area contributed by atoms with Crippen molar-refractivity contribution in [2.24, 2.45) is 7.05 Å². The molecule has 2 N–H and O–H groups in total. The number of nitrogens with zero attached hydrogens (tertiary/aromatic N) is 5. The Kier molecular flexibility index (Phi) is 4.87. The van der Waals surface area contributed by atoms with Crippen LogP contribution in [0.2, 0.25) is 0 Å². The van der Waals surface area contributed by atoms with E-state index in [1.165, 1.54) is 10.6 Å². The van der Waals surface area contributed by atoms with Gasteiger partial charge in [-0.15, -0.1) is 0 Å². The van der Waals surface area contributed by atoms with Crippen LogP contribution in [0.25, 0.3) is 21.8 Å². The van der Waals surface area contributed by atoms with Gasteiger partial charge in [0, 0.05) is 50.2 Å². The molecule has 3 heterocycles. The van der Waals surface area contributed by atoms with Gasteiger partial charge in [-0.2, -0.15) is 5.10 Å². The monoisotopic (exact) mass is 417 g/mol. The fourth-order valence-corrected chi connectivity index (χ4v) is 4.60. The standard InChI is InChI=1S/C18H23N7O3S/c1-19-17(26)15-13-5-4-11-10-20-18(22-14(11)16(13)24(2)23-15)21-12-6-8-25(9-7-12)29(3,27)28/h4-5,10,12H,6-9H2,1-3H3,(H,19,26)(H,20,21,22). The molecule has 1 aromatic carbocycles. The maximum atomic E-state index is 12.1. The Labute approximate surface area is 168 Å². The number of piperidine rings is 1. The summed E-state index contributed by atoms with van der Waals surface area (Å²) < 4.78 is 26.5. The number of aromatic nitrogens is 4. The molecule has 0 bridgehead atoms. The highest BCUT2D eigenvalue weighted by atomic mass is 32.2. The molecule has 154 valence electrons. The molecule has 1 aliphatic rings. The number of carbonyl (C=O) groups excluding carboxylic acids is 1. The highest BCUT2D eigenvalue weighted by molar-refractivity contribution is 7.88. The number of anilines is 1. The van der Waals surface area contributed by atoms with Crippen molar-refractivity contribution in [1.82, 2.24) is 29.4 Å². The Hall–Kier alpha value is -2.79. The molecule has 0 radical (unpaired) electrons. The number of aryl methyl sites for hydroxylation is 1. The molecule has 0 atom stereocenters. The maximum absolute atomic E-state index is 12.1. The summed E-state index contributed by atoms with van der Waals surface area (Å²) in [5, 5.41) is 11.8. The minimum atomic E-state index is -3.16. The van der Waals surface area contributed by atoms with Gasteiger partial charge in [0.2, 0.25) is 16.0 Å². The molecule has 0 aliphatic carbocycles. The van der Waals surface area contributed by atoms with Gasteiger partial charge in [-0.05, 0) is 18.9 Å². The maximum Gasteiger partial charge on any atom is 0.272 e. The molecular formula is C18H23N7O3S. The second-order valence-corrected chi connectivity index (χ2v) is 9.21. The van der Waals surface area contributed by atoms with Crippen molar-refractivity contribution in [3.8, 4) is 0 Å². The number of carbonyl (C=O) groups is 1. The number of sulfonamides is 1. The van der Waals surface area contributed by atoms with Crippen LogP contribution in [0.15, 0.2) is 18.3 Å². The first kappa shape index (κ1) is 19.5. The van der Waals surface area contributed by atoms with Gasteiger partial charge in [0.25, 0.3) is 5.91 Å². The van der Waals surface area contributed by atoms with E-state index in [-0.39, 0.29) is 11.9 Å². The number of fused-ring (bicyclic) bond motifs is 3. The van der Waals surface area contributed by atoms with E-state index >= 15 is 0 Å². The molecule has 11 heteroatoms. The van der Waals surface area contributed by atoms with Crippen LogP contribution in [0.4, 0.5) is 5.95 Å². The van der Waals surface area contributed by atoms with Gasteiger partial charge in [0.05, 0.1) is 11.8 Å². The van der Waals surface area contributed by atoms with Crippen LogP contribution in [0.5, 0.6) is 0 Å². The molecule has 0 saturated carbocycles. The Morgan fingerprint density at radius 1 is 1.24 bits per heavy atom. The van der Waals surface area contributed by atoms with Gasteiger partial charge in [0.15, 0.2) is 5.69 Å². The van der Waals surface area contributed by atoms with E-state index in [0.717, 1.165) is 16.3 Å².